The Kier molecular flexibility index (Phi) is 6.97. The molecule has 3 rings (SSSR count). The Morgan fingerprint density at radius 3 is 2.57 bits per heavy atom. The van der Waals surface area contributed by atoms with Gasteiger partial charge in [-0.25, -0.2) is 9.78 Å². The van der Waals surface area contributed by atoms with E-state index >= 15 is 0 Å². The Balaban J connectivity index is 1.80. The molecule has 0 aliphatic rings. The van der Waals surface area contributed by atoms with Crippen LogP contribution < -0.4 is 10.1 Å². The predicted molar refractivity (Wildman–Crippen MR) is 117 cm³/mol. The summed E-state index contributed by atoms with van der Waals surface area (Å²) in [4.78, 5) is 29.1. The van der Waals surface area contributed by atoms with Crippen molar-refractivity contribution in [2.24, 2.45) is 0 Å². The van der Waals surface area contributed by atoms with Crippen molar-refractivity contribution in [3.8, 4) is 11.6 Å². The van der Waals surface area contributed by atoms with Crippen molar-refractivity contribution in [3.63, 3.8) is 0 Å². The number of aromatic carboxylic acids is 1. The zero-order valence-electron chi connectivity index (χ0n) is 16.3. The maximum Gasteiger partial charge on any atom is 0.335 e. The Labute approximate surface area is 183 Å². The van der Waals surface area contributed by atoms with Gasteiger partial charge >= 0.3 is 5.97 Å². The van der Waals surface area contributed by atoms with E-state index in [1.165, 1.54) is 24.4 Å². The molecule has 30 heavy (non-hydrogen) atoms. The molecule has 6 nitrogen and oxygen atoms in total. The first kappa shape index (κ1) is 21.7. The highest BCUT2D eigenvalue weighted by atomic mass is 35.5. The number of thioether (sulfide) groups is 1. The lowest BCUT2D eigenvalue weighted by Crippen LogP contribution is -2.27. The molecule has 0 unspecified atom stereocenters. The molecule has 154 valence electrons. The van der Waals surface area contributed by atoms with Crippen LogP contribution in [0, 0.1) is 0 Å². The number of rotatable bonds is 7. The van der Waals surface area contributed by atoms with Crippen LogP contribution in [0.2, 0.25) is 5.02 Å². The van der Waals surface area contributed by atoms with Gasteiger partial charge < -0.3 is 15.2 Å². The number of benzene rings is 2. The van der Waals surface area contributed by atoms with E-state index in [9.17, 15) is 9.59 Å². The predicted octanol–water partition coefficient (Wildman–Crippen LogP) is 5.44. The van der Waals surface area contributed by atoms with Crippen molar-refractivity contribution >= 4 is 35.2 Å². The summed E-state index contributed by atoms with van der Waals surface area (Å²) in [6.45, 7) is 1.80. The number of hydrogen-bond acceptors (Lipinski definition) is 5. The lowest BCUT2D eigenvalue weighted by Gasteiger charge is -2.16. The first-order chi connectivity index (χ1) is 14.4. The molecule has 1 amide bonds. The maximum atomic E-state index is 12.9. The summed E-state index contributed by atoms with van der Waals surface area (Å²) in [5, 5.41) is 12.2. The Morgan fingerprint density at radius 2 is 1.90 bits per heavy atom. The fourth-order valence-corrected chi connectivity index (χ4v) is 3.33. The van der Waals surface area contributed by atoms with Gasteiger partial charge in [0.25, 0.3) is 5.91 Å². The quantitative estimate of drug-likeness (QED) is 0.474. The Hall–Kier alpha value is -3.03. The zero-order valence-corrected chi connectivity index (χ0v) is 17.8. The standard InChI is InChI=1S/C22H19ClN2O4S/c1-13(14-6-8-15(9-7-14)22(27)28)25-20(26)19-10-16(23)12-24-21(19)29-17-4-3-5-18(11-17)30-2/h3-13H,1-2H3,(H,25,26)(H,27,28)/t13-/m0/s1. The van der Waals surface area contributed by atoms with Crippen LogP contribution in [0.15, 0.2) is 65.7 Å². The van der Waals surface area contributed by atoms with E-state index in [0.717, 1.165) is 10.5 Å². The summed E-state index contributed by atoms with van der Waals surface area (Å²) in [6, 6.07) is 14.9. The fraction of sp³-hybridized carbons (Fsp3) is 0.136. The van der Waals surface area contributed by atoms with Crippen LogP contribution in [0.1, 0.15) is 39.2 Å². The molecule has 0 radical (unpaired) electrons. The van der Waals surface area contributed by atoms with Gasteiger partial charge in [-0.3, -0.25) is 4.79 Å². The molecule has 1 atom stereocenters. The molecule has 0 bridgehead atoms. The molecule has 0 saturated heterocycles. The van der Waals surface area contributed by atoms with E-state index in [2.05, 4.69) is 10.3 Å². The van der Waals surface area contributed by atoms with Gasteiger partial charge in [0, 0.05) is 11.1 Å². The number of nitrogens with one attached hydrogen (secondary N) is 1. The van der Waals surface area contributed by atoms with Crippen molar-refractivity contribution in [2.45, 2.75) is 17.9 Å². The molecule has 0 spiro atoms. The number of ether oxygens (including phenoxy) is 1. The number of nitrogens with zero attached hydrogens (tertiary/aromatic N) is 1. The molecule has 0 fully saturated rings. The van der Waals surface area contributed by atoms with Crippen LogP contribution in [-0.2, 0) is 0 Å². The van der Waals surface area contributed by atoms with Gasteiger partial charge in [0.2, 0.25) is 5.88 Å². The number of pyridine rings is 1. The number of carboxylic acids is 1. The summed E-state index contributed by atoms with van der Waals surface area (Å²) >= 11 is 7.63. The lowest BCUT2D eigenvalue weighted by molar-refractivity contribution is 0.0696. The van der Waals surface area contributed by atoms with E-state index in [-0.39, 0.29) is 23.0 Å². The fourth-order valence-electron chi connectivity index (χ4n) is 2.72. The number of carbonyl (C=O) groups excluding carboxylic acids is 1. The SMILES string of the molecule is CSc1cccc(Oc2ncc(Cl)cc2C(=O)N[C@@H](C)c2ccc(C(=O)O)cc2)c1. The van der Waals surface area contributed by atoms with Crippen LogP contribution in [0.25, 0.3) is 0 Å². The van der Waals surface area contributed by atoms with Crippen LogP contribution >= 0.6 is 23.4 Å². The number of carboxylic acid groups (broad SMARTS) is 1. The highest BCUT2D eigenvalue weighted by Crippen LogP contribution is 2.28. The summed E-state index contributed by atoms with van der Waals surface area (Å²) in [6.07, 6.45) is 3.38. The maximum absolute atomic E-state index is 12.9. The highest BCUT2D eigenvalue weighted by Gasteiger charge is 2.19. The summed E-state index contributed by atoms with van der Waals surface area (Å²) in [5.41, 5.74) is 1.14. The average molecular weight is 443 g/mol. The molecule has 3 aromatic rings. The molecule has 8 heteroatoms. The Bertz CT molecular complexity index is 1070. The smallest absolute Gasteiger partial charge is 0.335 e. The third kappa shape index (κ3) is 5.31. The minimum absolute atomic E-state index is 0.142. The van der Waals surface area contributed by atoms with Crippen LogP contribution in [-0.4, -0.2) is 28.2 Å². The monoisotopic (exact) mass is 442 g/mol. The second kappa shape index (κ2) is 9.65. The van der Waals surface area contributed by atoms with E-state index in [1.807, 2.05) is 24.5 Å². The Morgan fingerprint density at radius 1 is 1.17 bits per heavy atom. The minimum atomic E-state index is -1.00. The van der Waals surface area contributed by atoms with Crippen molar-refractivity contribution < 1.29 is 19.4 Å². The highest BCUT2D eigenvalue weighted by molar-refractivity contribution is 7.98. The minimum Gasteiger partial charge on any atom is -0.478 e. The molecule has 2 N–H and O–H groups in total. The molecule has 1 aromatic heterocycles. The first-order valence-electron chi connectivity index (χ1n) is 8.99. The summed E-state index contributed by atoms with van der Waals surface area (Å²) in [7, 11) is 0. The van der Waals surface area contributed by atoms with Gasteiger partial charge in [-0.15, -0.1) is 11.8 Å². The molecule has 2 aromatic carbocycles. The molecular weight excluding hydrogens is 424 g/mol. The normalized spacial score (nSPS) is 11.6. The third-order valence-electron chi connectivity index (χ3n) is 4.32. The third-order valence-corrected chi connectivity index (χ3v) is 5.26. The summed E-state index contributed by atoms with van der Waals surface area (Å²) in [5.74, 6) is -0.710. The van der Waals surface area contributed by atoms with Crippen LogP contribution in [0.4, 0.5) is 0 Å². The van der Waals surface area contributed by atoms with Gasteiger partial charge in [0.1, 0.15) is 11.3 Å². The lowest BCUT2D eigenvalue weighted by atomic mass is 10.1. The van der Waals surface area contributed by atoms with Gasteiger partial charge in [0.15, 0.2) is 0 Å². The topological polar surface area (TPSA) is 88.5 Å². The van der Waals surface area contributed by atoms with Gasteiger partial charge in [-0.1, -0.05) is 29.8 Å². The van der Waals surface area contributed by atoms with Gasteiger partial charge in [-0.05, 0) is 55.1 Å². The number of aromatic nitrogens is 1. The zero-order chi connectivity index (χ0) is 21.7. The van der Waals surface area contributed by atoms with Gasteiger partial charge in [-0.2, -0.15) is 0 Å². The largest absolute Gasteiger partial charge is 0.478 e. The van der Waals surface area contributed by atoms with E-state index in [4.69, 9.17) is 21.4 Å². The number of hydrogen-bond donors (Lipinski definition) is 2. The first-order valence-corrected chi connectivity index (χ1v) is 10.6. The molecule has 0 aliphatic carbocycles. The molecule has 0 saturated carbocycles. The molecule has 1 heterocycles. The van der Waals surface area contributed by atoms with Crippen molar-refractivity contribution in [1.82, 2.24) is 10.3 Å². The van der Waals surface area contributed by atoms with E-state index < -0.39 is 11.9 Å². The van der Waals surface area contributed by atoms with Crippen LogP contribution in [0.3, 0.4) is 0 Å². The number of amides is 1. The van der Waals surface area contributed by atoms with E-state index in [0.29, 0.717) is 10.8 Å². The van der Waals surface area contributed by atoms with Crippen molar-refractivity contribution in [1.29, 1.82) is 0 Å². The van der Waals surface area contributed by atoms with Crippen LogP contribution in [0.5, 0.6) is 11.6 Å². The number of halogens is 1. The molecule has 0 aliphatic heterocycles. The second-order valence-electron chi connectivity index (χ2n) is 6.41. The number of carbonyl (C=O) groups is 2. The molecular formula is C22H19ClN2O4S. The second-order valence-corrected chi connectivity index (χ2v) is 7.73. The summed E-state index contributed by atoms with van der Waals surface area (Å²) < 4.78 is 5.85. The van der Waals surface area contributed by atoms with Gasteiger partial charge in [0.05, 0.1) is 16.6 Å². The average Bonchev–Trinajstić information content (AvgIpc) is 2.75. The van der Waals surface area contributed by atoms with E-state index in [1.54, 1.807) is 36.9 Å². The van der Waals surface area contributed by atoms with Crippen molar-refractivity contribution in [2.75, 3.05) is 6.26 Å². The van der Waals surface area contributed by atoms with Crippen molar-refractivity contribution in [3.05, 3.63) is 82.5 Å².